The number of halogens is 1. The first kappa shape index (κ1) is 22.6. The van der Waals surface area contributed by atoms with Crippen molar-refractivity contribution in [2.45, 2.75) is 39.4 Å². The molecule has 0 radical (unpaired) electrons. The number of morpholine rings is 1. The number of nitrogens with one attached hydrogen (secondary N) is 2. The summed E-state index contributed by atoms with van der Waals surface area (Å²) in [7, 11) is -3.37. The van der Waals surface area contributed by atoms with Crippen LogP contribution in [0, 0.1) is 5.82 Å². The molecular formula is C19H31FN4O3S. The second kappa shape index (κ2) is 10.7. The maximum Gasteiger partial charge on any atom is 0.216 e. The van der Waals surface area contributed by atoms with E-state index in [4.69, 9.17) is 4.74 Å². The fraction of sp³-hybridized carbons (Fsp3) is 0.632. The van der Waals surface area contributed by atoms with Crippen molar-refractivity contribution in [1.82, 2.24) is 14.9 Å². The van der Waals surface area contributed by atoms with E-state index in [2.05, 4.69) is 15.6 Å². The highest BCUT2D eigenvalue weighted by Gasteiger charge is 2.30. The molecule has 7 nitrogen and oxygen atoms in total. The molecule has 0 bridgehead atoms. The van der Waals surface area contributed by atoms with Crippen LogP contribution in [0.25, 0.3) is 0 Å². The van der Waals surface area contributed by atoms with Gasteiger partial charge in [0.25, 0.3) is 0 Å². The average molecular weight is 415 g/mol. The maximum atomic E-state index is 12.9. The standard InChI is InChI=1S/C19H31FN4O3S/c1-4-21-19(22-10-9-17-5-7-18(20)8-6-17)23-11-12-28(25,26)24-13-15(2)27-16(3)14-24/h5-8,15-16H,4,9-14H2,1-3H3,(H2,21,22,23). The Kier molecular flexibility index (Phi) is 8.65. The van der Waals surface area contributed by atoms with E-state index in [0.717, 1.165) is 5.56 Å². The van der Waals surface area contributed by atoms with Gasteiger partial charge in [-0.25, -0.2) is 12.8 Å². The highest BCUT2D eigenvalue weighted by atomic mass is 32.2. The highest BCUT2D eigenvalue weighted by molar-refractivity contribution is 7.89. The number of nitrogens with zero attached hydrogens (tertiary/aromatic N) is 2. The molecule has 9 heteroatoms. The zero-order valence-electron chi connectivity index (χ0n) is 16.8. The van der Waals surface area contributed by atoms with Crippen molar-refractivity contribution in [2.75, 3.05) is 38.5 Å². The molecule has 0 amide bonds. The monoisotopic (exact) mass is 414 g/mol. The molecular weight excluding hydrogens is 383 g/mol. The second-order valence-electron chi connectivity index (χ2n) is 6.95. The Bertz CT molecular complexity index is 730. The molecule has 1 fully saturated rings. The number of guanidine groups is 1. The van der Waals surface area contributed by atoms with Gasteiger partial charge in [-0.2, -0.15) is 4.31 Å². The van der Waals surface area contributed by atoms with Crippen LogP contribution in [0.5, 0.6) is 0 Å². The number of hydrogen-bond donors (Lipinski definition) is 2. The molecule has 1 aromatic carbocycles. The van der Waals surface area contributed by atoms with Crippen molar-refractivity contribution >= 4 is 16.0 Å². The minimum Gasteiger partial charge on any atom is -0.373 e. The molecule has 0 spiro atoms. The van der Waals surface area contributed by atoms with Gasteiger partial charge >= 0.3 is 0 Å². The lowest BCUT2D eigenvalue weighted by molar-refractivity contribution is -0.0440. The number of rotatable bonds is 8. The van der Waals surface area contributed by atoms with Crippen LogP contribution in [0.15, 0.2) is 29.3 Å². The summed E-state index contributed by atoms with van der Waals surface area (Å²) in [6, 6.07) is 6.37. The predicted molar refractivity (Wildman–Crippen MR) is 109 cm³/mol. The number of sulfonamides is 1. The summed E-state index contributed by atoms with van der Waals surface area (Å²) in [5.74, 6) is 0.279. The van der Waals surface area contributed by atoms with Crippen LogP contribution in [-0.4, -0.2) is 69.4 Å². The van der Waals surface area contributed by atoms with Gasteiger partial charge in [-0.1, -0.05) is 12.1 Å². The van der Waals surface area contributed by atoms with Crippen LogP contribution < -0.4 is 10.6 Å². The molecule has 1 aliphatic rings. The van der Waals surface area contributed by atoms with E-state index in [1.807, 2.05) is 20.8 Å². The van der Waals surface area contributed by atoms with Gasteiger partial charge in [0.05, 0.1) is 24.5 Å². The van der Waals surface area contributed by atoms with Gasteiger partial charge in [0.15, 0.2) is 5.96 Å². The zero-order chi connectivity index (χ0) is 20.6. The minimum absolute atomic E-state index is 0.0407. The van der Waals surface area contributed by atoms with Gasteiger partial charge in [0.2, 0.25) is 10.0 Å². The third-order valence-electron chi connectivity index (χ3n) is 4.36. The van der Waals surface area contributed by atoms with Gasteiger partial charge < -0.3 is 15.4 Å². The summed E-state index contributed by atoms with van der Waals surface area (Å²) >= 11 is 0. The second-order valence-corrected chi connectivity index (χ2v) is 9.04. The third-order valence-corrected chi connectivity index (χ3v) is 6.15. The molecule has 2 unspecified atom stereocenters. The lowest BCUT2D eigenvalue weighted by Crippen LogP contribution is -2.49. The lowest BCUT2D eigenvalue weighted by Gasteiger charge is -2.34. The summed E-state index contributed by atoms with van der Waals surface area (Å²) in [6.45, 7) is 7.93. The third kappa shape index (κ3) is 7.37. The first-order valence-electron chi connectivity index (χ1n) is 9.70. The summed E-state index contributed by atoms with van der Waals surface area (Å²) in [5, 5.41) is 6.29. The van der Waals surface area contributed by atoms with E-state index in [0.29, 0.717) is 38.6 Å². The maximum absolute atomic E-state index is 12.9. The number of ether oxygens (including phenoxy) is 1. The number of aliphatic imine (C=N–C) groups is 1. The molecule has 2 atom stereocenters. The topological polar surface area (TPSA) is 83.0 Å². The molecule has 1 aliphatic heterocycles. The van der Waals surface area contributed by atoms with Crippen LogP contribution in [0.1, 0.15) is 26.3 Å². The number of benzene rings is 1. The van der Waals surface area contributed by atoms with Gasteiger partial charge in [0.1, 0.15) is 5.82 Å². The molecule has 28 heavy (non-hydrogen) atoms. The zero-order valence-corrected chi connectivity index (χ0v) is 17.6. The average Bonchev–Trinajstić information content (AvgIpc) is 2.62. The molecule has 158 valence electrons. The molecule has 2 rings (SSSR count). The van der Waals surface area contributed by atoms with Crippen molar-refractivity contribution in [3.8, 4) is 0 Å². The molecule has 1 saturated heterocycles. The number of hydrogen-bond acceptors (Lipinski definition) is 4. The minimum atomic E-state index is -3.37. The van der Waals surface area contributed by atoms with Gasteiger partial charge in [-0.05, 0) is 44.9 Å². The van der Waals surface area contributed by atoms with Crippen molar-refractivity contribution in [3.63, 3.8) is 0 Å². The Balaban J connectivity index is 1.84. The Labute approximate surface area is 167 Å². The van der Waals surface area contributed by atoms with Gasteiger partial charge in [0, 0.05) is 26.2 Å². The molecule has 0 aromatic heterocycles. The van der Waals surface area contributed by atoms with Crippen LogP contribution in [-0.2, 0) is 21.2 Å². The summed E-state index contributed by atoms with van der Waals surface area (Å²) in [6.07, 6.45) is 0.506. The van der Waals surface area contributed by atoms with Crippen molar-refractivity contribution in [1.29, 1.82) is 0 Å². The van der Waals surface area contributed by atoms with Crippen LogP contribution in [0.3, 0.4) is 0 Å². The van der Waals surface area contributed by atoms with Crippen LogP contribution >= 0.6 is 0 Å². The Hall–Kier alpha value is -1.71. The largest absolute Gasteiger partial charge is 0.373 e. The van der Waals surface area contributed by atoms with E-state index < -0.39 is 10.0 Å². The van der Waals surface area contributed by atoms with Gasteiger partial charge in [-0.3, -0.25) is 4.99 Å². The summed E-state index contributed by atoms with van der Waals surface area (Å²) in [5.41, 5.74) is 1.02. The summed E-state index contributed by atoms with van der Waals surface area (Å²) < 4.78 is 45.2. The Morgan fingerprint density at radius 1 is 1.21 bits per heavy atom. The van der Waals surface area contributed by atoms with Crippen molar-refractivity contribution < 1.29 is 17.5 Å². The quantitative estimate of drug-likeness (QED) is 0.496. The lowest BCUT2D eigenvalue weighted by atomic mass is 10.1. The Morgan fingerprint density at radius 3 is 2.46 bits per heavy atom. The molecule has 1 aromatic rings. The molecule has 1 heterocycles. The van der Waals surface area contributed by atoms with Crippen molar-refractivity contribution in [3.05, 3.63) is 35.6 Å². The first-order valence-corrected chi connectivity index (χ1v) is 11.3. The normalized spacial score (nSPS) is 21.5. The highest BCUT2D eigenvalue weighted by Crippen LogP contribution is 2.14. The van der Waals surface area contributed by atoms with Gasteiger partial charge in [-0.15, -0.1) is 0 Å². The SMILES string of the molecule is CCNC(=NCCS(=O)(=O)N1CC(C)OC(C)C1)NCCc1ccc(F)cc1. The fourth-order valence-electron chi connectivity index (χ4n) is 3.08. The van der Waals surface area contributed by atoms with Crippen LogP contribution in [0.2, 0.25) is 0 Å². The van der Waals surface area contributed by atoms with E-state index in [-0.39, 0.29) is 30.3 Å². The molecule has 0 aliphatic carbocycles. The van der Waals surface area contributed by atoms with E-state index >= 15 is 0 Å². The van der Waals surface area contributed by atoms with E-state index in [9.17, 15) is 12.8 Å². The smallest absolute Gasteiger partial charge is 0.216 e. The predicted octanol–water partition coefficient (Wildman–Crippen LogP) is 1.36. The first-order chi connectivity index (χ1) is 13.3. The molecule has 2 N–H and O–H groups in total. The fourth-order valence-corrected chi connectivity index (χ4v) is 4.53. The molecule has 0 saturated carbocycles. The Morgan fingerprint density at radius 2 is 1.86 bits per heavy atom. The summed E-state index contributed by atoms with van der Waals surface area (Å²) in [4.78, 5) is 4.37. The van der Waals surface area contributed by atoms with E-state index in [1.165, 1.54) is 16.4 Å². The van der Waals surface area contributed by atoms with E-state index in [1.54, 1.807) is 12.1 Å². The van der Waals surface area contributed by atoms with Crippen LogP contribution in [0.4, 0.5) is 4.39 Å². The van der Waals surface area contributed by atoms with Crippen molar-refractivity contribution in [2.24, 2.45) is 4.99 Å².